The van der Waals surface area contributed by atoms with Crippen LogP contribution in [0.5, 0.6) is 0 Å². The minimum absolute atomic E-state index is 0.0104. The minimum atomic E-state index is -4.61. The van der Waals surface area contributed by atoms with Crippen LogP contribution in [0.4, 0.5) is 18.9 Å². The summed E-state index contributed by atoms with van der Waals surface area (Å²) < 4.78 is 37.8. The van der Waals surface area contributed by atoms with Gasteiger partial charge in [-0.25, -0.2) is 4.79 Å². The van der Waals surface area contributed by atoms with E-state index in [1.54, 1.807) is 12.1 Å². The number of nitriles is 2. The molecule has 0 saturated carbocycles. The minimum Gasteiger partial charge on any atom is -0.480 e. The Bertz CT molecular complexity index is 629. The summed E-state index contributed by atoms with van der Waals surface area (Å²) in [5.74, 6) is -1.43. The van der Waals surface area contributed by atoms with Crippen molar-refractivity contribution in [2.45, 2.75) is 19.1 Å². The average Bonchev–Trinajstić information content (AvgIpc) is 2.42. The number of anilines is 1. The van der Waals surface area contributed by atoms with Crippen molar-refractivity contribution in [2.24, 2.45) is 0 Å². The molecule has 0 aliphatic carbocycles. The van der Waals surface area contributed by atoms with Crippen LogP contribution >= 0.6 is 0 Å². The lowest BCUT2D eigenvalue weighted by Crippen LogP contribution is -2.44. The smallest absolute Gasteiger partial charge is 0.405 e. The van der Waals surface area contributed by atoms with Crippen molar-refractivity contribution in [3.8, 4) is 12.1 Å². The number of carboxylic acids is 1. The lowest BCUT2D eigenvalue weighted by molar-refractivity contribution is -0.140. The molecule has 1 rings (SSSR count). The Morgan fingerprint density at radius 1 is 1.33 bits per heavy atom. The third-order valence-corrected chi connectivity index (χ3v) is 2.75. The number of hydrogen-bond acceptors (Lipinski definition) is 4. The zero-order valence-corrected chi connectivity index (χ0v) is 10.8. The highest BCUT2D eigenvalue weighted by Gasteiger charge is 2.35. The Morgan fingerprint density at radius 2 is 1.90 bits per heavy atom. The fourth-order valence-electron chi connectivity index (χ4n) is 1.68. The fraction of sp³-hybridized carbons (Fsp3) is 0.308. The van der Waals surface area contributed by atoms with E-state index in [0.29, 0.717) is 4.90 Å². The molecule has 0 spiro atoms. The lowest BCUT2D eigenvalue weighted by Gasteiger charge is -2.29. The highest BCUT2D eigenvalue weighted by Crippen LogP contribution is 2.26. The predicted molar refractivity (Wildman–Crippen MR) is 66.4 cm³/mol. The fourth-order valence-corrected chi connectivity index (χ4v) is 1.68. The molecule has 0 bridgehead atoms. The molecule has 1 aromatic carbocycles. The van der Waals surface area contributed by atoms with E-state index >= 15 is 0 Å². The Morgan fingerprint density at radius 3 is 2.33 bits per heavy atom. The first-order valence-corrected chi connectivity index (χ1v) is 5.70. The molecule has 1 N–H and O–H groups in total. The molecule has 0 fully saturated rings. The second-order valence-corrected chi connectivity index (χ2v) is 4.21. The number of benzene rings is 1. The van der Waals surface area contributed by atoms with E-state index in [-0.39, 0.29) is 16.8 Å². The number of hydrogen-bond donors (Lipinski definition) is 1. The van der Waals surface area contributed by atoms with Gasteiger partial charge in [0.2, 0.25) is 0 Å². The van der Waals surface area contributed by atoms with Crippen LogP contribution in [0.25, 0.3) is 0 Å². The number of alkyl halides is 3. The van der Waals surface area contributed by atoms with Crippen LogP contribution in [-0.4, -0.2) is 29.8 Å². The molecule has 0 amide bonds. The van der Waals surface area contributed by atoms with Crippen molar-refractivity contribution in [3.63, 3.8) is 0 Å². The van der Waals surface area contributed by atoms with Crippen molar-refractivity contribution in [1.82, 2.24) is 0 Å². The maximum atomic E-state index is 12.6. The third kappa shape index (κ3) is 4.11. The first kappa shape index (κ1) is 16.3. The van der Waals surface area contributed by atoms with Crippen LogP contribution in [0, 0.1) is 22.7 Å². The summed E-state index contributed by atoms with van der Waals surface area (Å²) in [5, 5.41) is 26.6. The van der Waals surface area contributed by atoms with E-state index in [9.17, 15) is 18.0 Å². The van der Waals surface area contributed by atoms with E-state index in [1.165, 1.54) is 12.1 Å². The second-order valence-electron chi connectivity index (χ2n) is 4.21. The normalized spacial score (nSPS) is 12.1. The molecule has 1 aromatic rings. The Hall–Kier alpha value is -2.74. The molecule has 5 nitrogen and oxygen atoms in total. The summed E-state index contributed by atoms with van der Waals surface area (Å²) in [6, 6.07) is 5.43. The zero-order chi connectivity index (χ0) is 16.2. The number of nitrogens with zero attached hydrogens (tertiary/aromatic N) is 3. The molecule has 0 heterocycles. The molecule has 0 radical (unpaired) electrons. The molecule has 0 aromatic heterocycles. The summed E-state index contributed by atoms with van der Waals surface area (Å²) in [5.41, 5.74) is -0.186. The highest BCUT2D eigenvalue weighted by atomic mass is 19.4. The average molecular weight is 297 g/mol. The van der Waals surface area contributed by atoms with Crippen molar-refractivity contribution >= 4 is 11.7 Å². The number of halogens is 3. The monoisotopic (exact) mass is 297 g/mol. The first-order chi connectivity index (χ1) is 9.69. The second kappa shape index (κ2) is 6.14. The van der Waals surface area contributed by atoms with Gasteiger partial charge >= 0.3 is 12.1 Å². The van der Waals surface area contributed by atoms with Crippen molar-refractivity contribution in [1.29, 1.82) is 10.5 Å². The van der Waals surface area contributed by atoms with Crippen LogP contribution in [-0.2, 0) is 4.79 Å². The van der Waals surface area contributed by atoms with E-state index in [1.807, 2.05) is 0 Å². The van der Waals surface area contributed by atoms with Crippen LogP contribution in [0.3, 0.4) is 0 Å². The molecule has 8 heteroatoms. The predicted octanol–water partition coefficient (Wildman–Crippen LogP) is 2.27. The first-order valence-electron chi connectivity index (χ1n) is 5.70. The van der Waals surface area contributed by atoms with Gasteiger partial charge in [0.1, 0.15) is 24.7 Å². The Labute approximate surface area is 118 Å². The van der Waals surface area contributed by atoms with Crippen molar-refractivity contribution in [2.75, 3.05) is 11.4 Å². The molecule has 1 atom stereocenters. The topological polar surface area (TPSA) is 88.1 Å². The number of carbonyl (C=O) groups is 1. The van der Waals surface area contributed by atoms with E-state index in [2.05, 4.69) is 0 Å². The quantitative estimate of drug-likeness (QED) is 0.921. The van der Waals surface area contributed by atoms with Gasteiger partial charge in [-0.3, -0.25) is 0 Å². The van der Waals surface area contributed by atoms with Crippen molar-refractivity contribution < 1.29 is 23.1 Å². The third-order valence-electron chi connectivity index (χ3n) is 2.75. The van der Waals surface area contributed by atoms with Gasteiger partial charge in [-0.05, 0) is 25.1 Å². The van der Waals surface area contributed by atoms with Gasteiger partial charge in [0.05, 0.1) is 11.1 Å². The van der Waals surface area contributed by atoms with Gasteiger partial charge in [-0.15, -0.1) is 0 Å². The molecule has 0 saturated heterocycles. The number of rotatable bonds is 4. The van der Waals surface area contributed by atoms with Crippen LogP contribution in [0.2, 0.25) is 0 Å². The maximum Gasteiger partial charge on any atom is 0.405 e. The molecule has 0 aliphatic rings. The molecule has 0 unspecified atom stereocenters. The van der Waals surface area contributed by atoms with Gasteiger partial charge < -0.3 is 10.0 Å². The van der Waals surface area contributed by atoms with E-state index in [4.69, 9.17) is 15.6 Å². The summed E-state index contributed by atoms with van der Waals surface area (Å²) >= 11 is 0. The summed E-state index contributed by atoms with van der Waals surface area (Å²) in [4.78, 5) is 11.6. The van der Waals surface area contributed by atoms with E-state index < -0.39 is 24.7 Å². The Kier molecular flexibility index (Phi) is 4.77. The SMILES string of the molecule is C[C@@H](C(=O)O)N(CC(F)(F)F)c1ccc(C#N)c(C#N)c1. The number of aliphatic carboxylic acids is 1. The van der Waals surface area contributed by atoms with E-state index in [0.717, 1.165) is 13.0 Å². The van der Waals surface area contributed by atoms with Gasteiger partial charge in [-0.2, -0.15) is 23.7 Å². The Balaban J connectivity index is 3.30. The van der Waals surface area contributed by atoms with Gasteiger partial charge in [0.25, 0.3) is 0 Å². The maximum absolute atomic E-state index is 12.6. The van der Waals surface area contributed by atoms with Gasteiger partial charge in [0.15, 0.2) is 0 Å². The summed E-state index contributed by atoms with van der Waals surface area (Å²) in [7, 11) is 0. The van der Waals surface area contributed by atoms with Crippen molar-refractivity contribution in [3.05, 3.63) is 29.3 Å². The molecule has 110 valence electrons. The number of carboxylic acid groups (broad SMARTS) is 1. The van der Waals surface area contributed by atoms with Crippen LogP contribution < -0.4 is 4.90 Å². The molecule has 0 aliphatic heterocycles. The van der Waals surface area contributed by atoms with Gasteiger partial charge in [0, 0.05) is 5.69 Å². The molecule has 21 heavy (non-hydrogen) atoms. The molecular formula is C13H10F3N3O2. The highest BCUT2D eigenvalue weighted by molar-refractivity contribution is 5.78. The summed E-state index contributed by atoms with van der Waals surface area (Å²) in [6.07, 6.45) is -4.61. The summed E-state index contributed by atoms with van der Waals surface area (Å²) in [6.45, 7) is -0.366. The van der Waals surface area contributed by atoms with Crippen LogP contribution in [0.1, 0.15) is 18.1 Å². The van der Waals surface area contributed by atoms with Crippen LogP contribution in [0.15, 0.2) is 18.2 Å². The largest absolute Gasteiger partial charge is 0.480 e. The standard InChI is InChI=1S/C13H10F3N3O2/c1-8(12(20)21)19(7-13(14,15)16)11-3-2-9(5-17)10(4-11)6-18/h2-4,8H,7H2,1H3,(H,20,21)/t8-/m0/s1. The lowest BCUT2D eigenvalue weighted by atomic mass is 10.1. The molecular weight excluding hydrogens is 287 g/mol. The van der Waals surface area contributed by atoms with Gasteiger partial charge in [-0.1, -0.05) is 0 Å². The zero-order valence-electron chi connectivity index (χ0n) is 10.8.